The Labute approximate surface area is 182 Å². The van der Waals surface area contributed by atoms with Gasteiger partial charge in [-0.05, 0) is 37.8 Å². The predicted molar refractivity (Wildman–Crippen MR) is 113 cm³/mol. The van der Waals surface area contributed by atoms with Crippen molar-refractivity contribution < 1.29 is 23.9 Å². The van der Waals surface area contributed by atoms with Crippen molar-refractivity contribution in [1.29, 1.82) is 0 Å². The van der Waals surface area contributed by atoms with Crippen LogP contribution in [0, 0.1) is 5.92 Å². The van der Waals surface area contributed by atoms with Crippen LogP contribution >= 0.6 is 0 Å². The van der Waals surface area contributed by atoms with E-state index in [1.54, 1.807) is 6.07 Å². The lowest BCUT2D eigenvalue weighted by Gasteiger charge is -2.37. The summed E-state index contributed by atoms with van der Waals surface area (Å²) >= 11 is 0. The molecule has 1 aromatic rings. The second kappa shape index (κ2) is 8.59. The van der Waals surface area contributed by atoms with Crippen molar-refractivity contribution in [2.24, 2.45) is 5.92 Å². The first-order valence-corrected chi connectivity index (χ1v) is 11.4. The lowest BCUT2D eigenvalue weighted by Crippen LogP contribution is -2.48. The first-order chi connectivity index (χ1) is 15.1. The van der Waals surface area contributed by atoms with E-state index in [9.17, 15) is 14.4 Å². The summed E-state index contributed by atoms with van der Waals surface area (Å²) < 4.78 is 11.0. The maximum absolute atomic E-state index is 13.3. The Bertz CT molecular complexity index is 876. The minimum Gasteiger partial charge on any atom is -0.378 e. The molecule has 0 aromatic heterocycles. The summed E-state index contributed by atoms with van der Waals surface area (Å²) in [6, 6.07) is 5.47. The Morgan fingerprint density at radius 2 is 1.84 bits per heavy atom. The molecule has 3 saturated heterocycles. The van der Waals surface area contributed by atoms with Crippen LogP contribution in [0.15, 0.2) is 18.2 Å². The molecule has 0 N–H and O–H groups in total. The van der Waals surface area contributed by atoms with Gasteiger partial charge in [0.25, 0.3) is 11.8 Å². The molecule has 3 fully saturated rings. The highest BCUT2D eigenvalue weighted by molar-refractivity contribution is 6.23. The quantitative estimate of drug-likeness (QED) is 0.679. The number of piperidine rings is 1. The second-order valence-corrected chi connectivity index (χ2v) is 8.78. The molecular weight excluding hydrogens is 398 g/mol. The minimum atomic E-state index is -0.243. The number of hydrogen-bond acceptors (Lipinski definition) is 6. The van der Waals surface area contributed by atoms with E-state index in [2.05, 4.69) is 4.90 Å². The number of benzene rings is 1. The number of amides is 3. The average Bonchev–Trinajstić information content (AvgIpc) is 3.42. The Hall–Kier alpha value is -2.45. The summed E-state index contributed by atoms with van der Waals surface area (Å²) in [5.74, 6) is -0.413. The maximum atomic E-state index is 13.3. The molecule has 166 valence electrons. The number of carbonyl (C=O) groups is 3. The third-order valence-corrected chi connectivity index (χ3v) is 6.82. The van der Waals surface area contributed by atoms with Gasteiger partial charge in [0.2, 0.25) is 5.91 Å². The summed E-state index contributed by atoms with van der Waals surface area (Å²) in [6.45, 7) is 4.80. The van der Waals surface area contributed by atoms with Gasteiger partial charge in [-0.15, -0.1) is 0 Å². The number of hydrogen-bond donors (Lipinski definition) is 0. The molecule has 1 aromatic carbocycles. The van der Waals surface area contributed by atoms with Crippen molar-refractivity contribution in [2.45, 2.75) is 31.8 Å². The molecule has 4 aliphatic heterocycles. The van der Waals surface area contributed by atoms with Crippen molar-refractivity contribution in [1.82, 2.24) is 9.80 Å². The van der Waals surface area contributed by atoms with Crippen LogP contribution in [-0.4, -0.2) is 86.2 Å². The predicted octanol–water partition coefficient (Wildman–Crippen LogP) is 1.54. The number of anilines is 1. The highest BCUT2D eigenvalue weighted by Crippen LogP contribution is 2.35. The molecule has 5 rings (SSSR count). The summed E-state index contributed by atoms with van der Waals surface area (Å²) in [6.07, 6.45) is 3.49. The number of imide groups is 1. The zero-order valence-electron chi connectivity index (χ0n) is 17.8. The molecule has 8 heteroatoms. The number of ether oxygens (including phenoxy) is 2. The summed E-state index contributed by atoms with van der Waals surface area (Å²) in [4.78, 5) is 44.6. The topological polar surface area (TPSA) is 79.4 Å². The second-order valence-electron chi connectivity index (χ2n) is 8.78. The van der Waals surface area contributed by atoms with Crippen molar-refractivity contribution in [3.63, 3.8) is 0 Å². The van der Waals surface area contributed by atoms with E-state index in [1.165, 1.54) is 4.90 Å². The van der Waals surface area contributed by atoms with Gasteiger partial charge in [0, 0.05) is 32.8 Å². The van der Waals surface area contributed by atoms with Gasteiger partial charge < -0.3 is 19.3 Å². The van der Waals surface area contributed by atoms with Gasteiger partial charge in [0.1, 0.15) is 0 Å². The fourth-order valence-corrected chi connectivity index (χ4v) is 5.18. The smallest absolute Gasteiger partial charge is 0.263 e. The van der Waals surface area contributed by atoms with Gasteiger partial charge >= 0.3 is 0 Å². The Kier molecular flexibility index (Phi) is 5.67. The Morgan fingerprint density at radius 1 is 1.00 bits per heavy atom. The molecule has 0 unspecified atom stereocenters. The molecule has 8 nitrogen and oxygen atoms in total. The van der Waals surface area contributed by atoms with Crippen molar-refractivity contribution >= 4 is 23.4 Å². The summed E-state index contributed by atoms with van der Waals surface area (Å²) in [7, 11) is 0. The van der Waals surface area contributed by atoms with Crippen LogP contribution in [0.3, 0.4) is 0 Å². The summed E-state index contributed by atoms with van der Waals surface area (Å²) in [5.41, 5.74) is 1.71. The average molecular weight is 428 g/mol. The largest absolute Gasteiger partial charge is 0.378 e. The highest BCUT2D eigenvalue weighted by Gasteiger charge is 2.41. The molecule has 0 aliphatic carbocycles. The van der Waals surface area contributed by atoms with Crippen LogP contribution in [0.5, 0.6) is 0 Å². The molecule has 4 aliphatic rings. The fraction of sp³-hybridized carbons (Fsp3) is 0.609. The number of fused-ring (bicyclic) bond motifs is 1. The standard InChI is InChI=1S/C23H29N3O5/c27-21(24-9-12-30-13-10-24)16-4-2-8-25(14-16)19-7-1-6-18-20(19)23(29)26(22(18)28)15-17-5-3-11-31-17/h1,6-7,16-17H,2-5,8-15H2/t16-,17-/m1/s1. The number of morpholine rings is 1. The van der Waals surface area contributed by atoms with E-state index in [4.69, 9.17) is 9.47 Å². The number of rotatable bonds is 4. The zero-order valence-corrected chi connectivity index (χ0v) is 17.8. The lowest BCUT2D eigenvalue weighted by molar-refractivity contribution is -0.139. The van der Waals surface area contributed by atoms with E-state index < -0.39 is 0 Å². The van der Waals surface area contributed by atoms with Crippen LogP contribution < -0.4 is 4.90 Å². The van der Waals surface area contributed by atoms with Crippen molar-refractivity contribution in [3.05, 3.63) is 29.3 Å². The Balaban J connectivity index is 1.35. The zero-order chi connectivity index (χ0) is 21.4. The van der Waals surface area contributed by atoms with Gasteiger partial charge in [-0.1, -0.05) is 6.07 Å². The highest BCUT2D eigenvalue weighted by atomic mass is 16.5. The molecule has 3 amide bonds. The third kappa shape index (κ3) is 3.83. The number of nitrogens with zero attached hydrogens (tertiary/aromatic N) is 3. The van der Waals surface area contributed by atoms with E-state index in [0.717, 1.165) is 37.9 Å². The molecule has 2 atom stereocenters. The first-order valence-electron chi connectivity index (χ1n) is 11.4. The number of carbonyl (C=O) groups excluding carboxylic acids is 3. The van der Waals surface area contributed by atoms with Gasteiger partial charge in [0.15, 0.2) is 0 Å². The van der Waals surface area contributed by atoms with Crippen LogP contribution in [0.25, 0.3) is 0 Å². The fourth-order valence-electron chi connectivity index (χ4n) is 5.18. The van der Waals surface area contributed by atoms with Crippen LogP contribution in [0.1, 0.15) is 46.4 Å². The normalized spacial score (nSPS) is 26.5. The van der Waals surface area contributed by atoms with E-state index in [1.807, 2.05) is 17.0 Å². The molecule has 31 heavy (non-hydrogen) atoms. The molecule has 0 bridgehead atoms. The van der Waals surface area contributed by atoms with Crippen LogP contribution in [0.2, 0.25) is 0 Å². The lowest BCUT2D eigenvalue weighted by atomic mass is 9.94. The van der Waals surface area contributed by atoms with E-state index in [-0.39, 0.29) is 29.7 Å². The van der Waals surface area contributed by atoms with E-state index in [0.29, 0.717) is 57.1 Å². The SMILES string of the molecule is O=C([C@@H]1CCCN(c2cccc3c2C(=O)N(C[C@H]2CCCO2)C3=O)C1)N1CCOCC1. The van der Waals surface area contributed by atoms with E-state index >= 15 is 0 Å². The molecule has 4 heterocycles. The van der Waals surface area contributed by atoms with Gasteiger partial charge in [0.05, 0.1) is 48.6 Å². The van der Waals surface area contributed by atoms with Gasteiger partial charge in [-0.3, -0.25) is 19.3 Å². The third-order valence-electron chi connectivity index (χ3n) is 6.82. The van der Waals surface area contributed by atoms with Crippen molar-refractivity contribution in [2.75, 3.05) is 57.4 Å². The maximum Gasteiger partial charge on any atom is 0.263 e. The first kappa shape index (κ1) is 20.5. The molecule has 0 spiro atoms. The summed E-state index contributed by atoms with van der Waals surface area (Å²) in [5, 5.41) is 0. The van der Waals surface area contributed by atoms with Gasteiger partial charge in [-0.2, -0.15) is 0 Å². The van der Waals surface area contributed by atoms with Crippen LogP contribution in [0.4, 0.5) is 5.69 Å². The van der Waals surface area contributed by atoms with Gasteiger partial charge in [-0.25, -0.2) is 0 Å². The monoisotopic (exact) mass is 427 g/mol. The van der Waals surface area contributed by atoms with Crippen LogP contribution in [-0.2, 0) is 14.3 Å². The molecular formula is C23H29N3O5. The Morgan fingerprint density at radius 3 is 2.61 bits per heavy atom. The van der Waals surface area contributed by atoms with Crippen molar-refractivity contribution in [3.8, 4) is 0 Å². The molecule has 0 saturated carbocycles. The minimum absolute atomic E-state index is 0.0730. The molecule has 0 radical (unpaired) electrons.